The lowest BCUT2D eigenvalue weighted by atomic mass is 10.1. The SMILES string of the molecule is C[C@H](NC(=O)Cc1cccc(OCC(F)(F)F)c1)C(=O)O. The third kappa shape index (κ3) is 6.64. The maximum Gasteiger partial charge on any atom is 0.422 e. The van der Waals surface area contributed by atoms with Crippen LogP contribution >= 0.6 is 0 Å². The number of ether oxygens (including phenoxy) is 1. The number of benzene rings is 1. The lowest BCUT2D eigenvalue weighted by molar-refractivity contribution is -0.153. The number of carboxylic acid groups (broad SMARTS) is 1. The monoisotopic (exact) mass is 305 g/mol. The van der Waals surface area contributed by atoms with Gasteiger partial charge in [-0.15, -0.1) is 0 Å². The van der Waals surface area contributed by atoms with Gasteiger partial charge in [0, 0.05) is 0 Å². The molecule has 0 aliphatic carbocycles. The summed E-state index contributed by atoms with van der Waals surface area (Å²) in [6.07, 6.45) is -4.59. The van der Waals surface area contributed by atoms with Crippen LogP contribution in [0, 0.1) is 0 Å². The van der Waals surface area contributed by atoms with E-state index in [0.29, 0.717) is 5.56 Å². The summed E-state index contributed by atoms with van der Waals surface area (Å²) in [5.74, 6) is -1.73. The van der Waals surface area contributed by atoms with E-state index in [4.69, 9.17) is 5.11 Å². The highest BCUT2D eigenvalue weighted by molar-refractivity contribution is 5.84. The van der Waals surface area contributed by atoms with Crippen LogP contribution in [0.1, 0.15) is 12.5 Å². The summed E-state index contributed by atoms with van der Waals surface area (Å²) in [4.78, 5) is 22.1. The maximum atomic E-state index is 12.0. The van der Waals surface area contributed by atoms with Gasteiger partial charge in [-0.2, -0.15) is 13.2 Å². The third-order valence-corrected chi connectivity index (χ3v) is 2.41. The van der Waals surface area contributed by atoms with Crippen molar-refractivity contribution in [2.75, 3.05) is 6.61 Å². The number of hydrogen-bond acceptors (Lipinski definition) is 3. The van der Waals surface area contributed by atoms with Crippen LogP contribution in [0.15, 0.2) is 24.3 Å². The van der Waals surface area contributed by atoms with Crippen molar-refractivity contribution in [3.05, 3.63) is 29.8 Å². The molecule has 0 unspecified atom stereocenters. The van der Waals surface area contributed by atoms with Crippen LogP contribution in [0.2, 0.25) is 0 Å². The van der Waals surface area contributed by atoms with Crippen molar-refractivity contribution in [2.24, 2.45) is 0 Å². The number of rotatable bonds is 6. The molecule has 0 bridgehead atoms. The Morgan fingerprint density at radius 1 is 1.38 bits per heavy atom. The number of hydrogen-bond donors (Lipinski definition) is 2. The highest BCUT2D eigenvalue weighted by Gasteiger charge is 2.28. The Morgan fingerprint density at radius 2 is 2.05 bits per heavy atom. The molecule has 1 atom stereocenters. The molecule has 21 heavy (non-hydrogen) atoms. The van der Waals surface area contributed by atoms with Crippen molar-refractivity contribution in [3.8, 4) is 5.75 Å². The summed E-state index contributed by atoms with van der Waals surface area (Å²) in [6, 6.07) is 4.59. The summed E-state index contributed by atoms with van der Waals surface area (Å²) < 4.78 is 40.6. The van der Waals surface area contributed by atoms with E-state index in [-0.39, 0.29) is 12.2 Å². The fourth-order valence-corrected chi connectivity index (χ4v) is 1.45. The number of halogens is 3. The lowest BCUT2D eigenvalue weighted by Crippen LogP contribution is -2.39. The first-order valence-corrected chi connectivity index (χ1v) is 5.98. The number of alkyl halides is 3. The van der Waals surface area contributed by atoms with Crippen LogP contribution in [-0.2, 0) is 16.0 Å². The van der Waals surface area contributed by atoms with E-state index < -0.39 is 30.7 Å². The molecule has 0 saturated carbocycles. The van der Waals surface area contributed by atoms with Crippen LogP contribution in [0.4, 0.5) is 13.2 Å². The zero-order chi connectivity index (χ0) is 16.0. The molecule has 0 aliphatic heterocycles. The molecular weight excluding hydrogens is 291 g/mol. The van der Waals surface area contributed by atoms with Crippen molar-refractivity contribution >= 4 is 11.9 Å². The van der Waals surface area contributed by atoms with Gasteiger partial charge in [0.2, 0.25) is 5.91 Å². The van der Waals surface area contributed by atoms with Gasteiger partial charge in [-0.1, -0.05) is 12.1 Å². The molecule has 0 spiro atoms. The fraction of sp³-hybridized carbons (Fsp3) is 0.385. The zero-order valence-electron chi connectivity index (χ0n) is 11.1. The molecule has 2 N–H and O–H groups in total. The highest BCUT2D eigenvalue weighted by atomic mass is 19.4. The van der Waals surface area contributed by atoms with E-state index >= 15 is 0 Å². The van der Waals surface area contributed by atoms with E-state index in [1.165, 1.54) is 31.2 Å². The number of carbonyl (C=O) groups is 2. The Morgan fingerprint density at radius 3 is 2.62 bits per heavy atom. The minimum atomic E-state index is -4.44. The van der Waals surface area contributed by atoms with Gasteiger partial charge in [0.15, 0.2) is 6.61 Å². The molecule has 116 valence electrons. The highest BCUT2D eigenvalue weighted by Crippen LogP contribution is 2.19. The number of amides is 1. The Balaban J connectivity index is 2.60. The smallest absolute Gasteiger partial charge is 0.422 e. The van der Waals surface area contributed by atoms with Crippen LogP contribution in [0.5, 0.6) is 5.75 Å². The summed E-state index contributed by atoms with van der Waals surface area (Å²) in [5, 5.41) is 10.9. The topological polar surface area (TPSA) is 75.6 Å². The van der Waals surface area contributed by atoms with Crippen molar-refractivity contribution in [1.29, 1.82) is 0 Å². The van der Waals surface area contributed by atoms with Crippen molar-refractivity contribution in [3.63, 3.8) is 0 Å². The predicted octanol–water partition coefficient (Wildman–Crippen LogP) is 1.76. The molecule has 0 radical (unpaired) electrons. The van der Waals surface area contributed by atoms with Crippen molar-refractivity contribution in [1.82, 2.24) is 5.32 Å². The second-order valence-corrected chi connectivity index (χ2v) is 4.36. The van der Waals surface area contributed by atoms with E-state index in [1.54, 1.807) is 0 Å². The third-order valence-electron chi connectivity index (χ3n) is 2.41. The van der Waals surface area contributed by atoms with E-state index in [9.17, 15) is 22.8 Å². The van der Waals surface area contributed by atoms with Crippen LogP contribution in [0.25, 0.3) is 0 Å². The second-order valence-electron chi connectivity index (χ2n) is 4.36. The average Bonchev–Trinajstić information content (AvgIpc) is 2.35. The molecule has 0 heterocycles. The van der Waals surface area contributed by atoms with Gasteiger partial charge in [0.05, 0.1) is 6.42 Å². The van der Waals surface area contributed by atoms with E-state index in [1.807, 2.05) is 0 Å². The molecule has 1 aromatic rings. The zero-order valence-corrected chi connectivity index (χ0v) is 11.1. The van der Waals surface area contributed by atoms with Gasteiger partial charge in [0.1, 0.15) is 11.8 Å². The summed E-state index contributed by atoms with van der Waals surface area (Å²) >= 11 is 0. The van der Waals surface area contributed by atoms with E-state index in [2.05, 4.69) is 10.1 Å². The number of aliphatic carboxylic acids is 1. The first-order valence-electron chi connectivity index (χ1n) is 5.98. The summed E-state index contributed by atoms with van der Waals surface area (Å²) in [7, 11) is 0. The van der Waals surface area contributed by atoms with Crippen LogP contribution in [-0.4, -0.2) is 35.8 Å². The molecule has 1 aromatic carbocycles. The van der Waals surface area contributed by atoms with Crippen molar-refractivity contribution in [2.45, 2.75) is 25.6 Å². The van der Waals surface area contributed by atoms with E-state index in [0.717, 1.165) is 0 Å². The molecule has 1 amide bonds. The van der Waals surface area contributed by atoms with Gasteiger partial charge < -0.3 is 15.2 Å². The summed E-state index contributed by atoms with van der Waals surface area (Å²) in [6.45, 7) is -0.109. The van der Waals surface area contributed by atoms with Crippen LogP contribution in [0.3, 0.4) is 0 Å². The molecule has 8 heteroatoms. The van der Waals surface area contributed by atoms with Gasteiger partial charge in [-0.3, -0.25) is 9.59 Å². The first-order chi connectivity index (χ1) is 9.67. The Hall–Kier alpha value is -2.25. The standard InChI is InChI=1S/C13H14F3NO4/c1-8(12(19)20)17-11(18)6-9-3-2-4-10(5-9)21-7-13(14,15)16/h2-5,8H,6-7H2,1H3,(H,17,18)(H,19,20)/t8-/m0/s1. The molecule has 5 nitrogen and oxygen atoms in total. The Kier molecular flexibility index (Phi) is 5.57. The Bertz CT molecular complexity index is 516. The second kappa shape index (κ2) is 6.96. The molecule has 0 fully saturated rings. The number of carbonyl (C=O) groups excluding carboxylic acids is 1. The van der Waals surface area contributed by atoms with Crippen LogP contribution < -0.4 is 10.1 Å². The maximum absolute atomic E-state index is 12.0. The average molecular weight is 305 g/mol. The molecule has 1 rings (SSSR count). The quantitative estimate of drug-likeness (QED) is 0.839. The van der Waals surface area contributed by atoms with Gasteiger partial charge in [0.25, 0.3) is 0 Å². The number of nitrogens with one attached hydrogen (secondary N) is 1. The number of carboxylic acids is 1. The normalized spacial score (nSPS) is 12.6. The molecular formula is C13H14F3NO4. The predicted molar refractivity (Wildman–Crippen MR) is 66.9 cm³/mol. The van der Waals surface area contributed by atoms with Crippen molar-refractivity contribution < 1.29 is 32.6 Å². The largest absolute Gasteiger partial charge is 0.484 e. The first kappa shape index (κ1) is 16.8. The minimum Gasteiger partial charge on any atom is -0.484 e. The molecule has 0 aromatic heterocycles. The minimum absolute atomic E-state index is 0.0103. The van der Waals surface area contributed by atoms with Gasteiger partial charge >= 0.3 is 12.1 Å². The molecule has 0 saturated heterocycles. The fourth-order valence-electron chi connectivity index (χ4n) is 1.45. The van der Waals surface area contributed by atoms with Gasteiger partial charge in [-0.25, -0.2) is 0 Å². The lowest BCUT2D eigenvalue weighted by Gasteiger charge is -2.11. The summed E-state index contributed by atoms with van der Waals surface area (Å²) in [5.41, 5.74) is 0.421. The Labute approximate surface area is 118 Å². The van der Waals surface area contributed by atoms with Gasteiger partial charge in [-0.05, 0) is 24.6 Å². The molecule has 0 aliphatic rings.